The molecule has 0 radical (unpaired) electrons. The number of nitrogen functional groups attached to an aromatic ring is 1. The molecule has 3 nitrogen and oxygen atoms in total. The Hall–Kier alpha value is -1.98. The lowest BCUT2D eigenvalue weighted by Crippen LogP contribution is -2.04. The zero-order valence-electron chi connectivity index (χ0n) is 8.78. The summed E-state index contributed by atoms with van der Waals surface area (Å²) in [6, 6.07) is 6.95. The molecule has 6 heteroatoms. The first-order valence-electron chi connectivity index (χ1n) is 4.89. The van der Waals surface area contributed by atoms with Crippen LogP contribution in [0.4, 0.5) is 18.9 Å². The second-order valence-corrected chi connectivity index (χ2v) is 3.67. The van der Waals surface area contributed by atoms with Gasteiger partial charge in [-0.3, -0.25) is 4.68 Å². The summed E-state index contributed by atoms with van der Waals surface area (Å²) >= 11 is 0. The highest BCUT2D eigenvalue weighted by molar-refractivity contribution is 5.40. The van der Waals surface area contributed by atoms with E-state index in [1.54, 1.807) is 24.3 Å². The van der Waals surface area contributed by atoms with Gasteiger partial charge in [0.25, 0.3) is 0 Å². The minimum atomic E-state index is -4.35. The summed E-state index contributed by atoms with van der Waals surface area (Å²) in [5.74, 6) is 0. The number of anilines is 1. The monoisotopic (exact) mass is 241 g/mol. The Morgan fingerprint density at radius 3 is 2.65 bits per heavy atom. The maximum absolute atomic E-state index is 12.3. The molecule has 0 aliphatic heterocycles. The highest BCUT2D eigenvalue weighted by Gasteiger charge is 2.32. The summed E-state index contributed by atoms with van der Waals surface area (Å²) in [5, 5.41) is 3.66. The van der Waals surface area contributed by atoms with Crippen LogP contribution in [0.25, 0.3) is 0 Å². The van der Waals surface area contributed by atoms with Crippen molar-refractivity contribution in [2.24, 2.45) is 0 Å². The maximum Gasteiger partial charge on any atom is 0.419 e. The van der Waals surface area contributed by atoms with Crippen molar-refractivity contribution >= 4 is 5.69 Å². The zero-order chi connectivity index (χ0) is 12.5. The van der Waals surface area contributed by atoms with Gasteiger partial charge in [0.05, 0.1) is 18.3 Å². The number of rotatable bonds is 2. The molecule has 0 fully saturated rings. The Kier molecular flexibility index (Phi) is 2.79. The van der Waals surface area contributed by atoms with E-state index >= 15 is 0 Å². The maximum atomic E-state index is 12.3. The fourth-order valence-electron chi connectivity index (χ4n) is 1.47. The van der Waals surface area contributed by atoms with Crippen LogP contribution in [0.5, 0.6) is 0 Å². The van der Waals surface area contributed by atoms with E-state index in [1.165, 1.54) is 4.68 Å². The van der Waals surface area contributed by atoms with Crippen molar-refractivity contribution in [1.29, 1.82) is 0 Å². The van der Waals surface area contributed by atoms with E-state index in [4.69, 9.17) is 5.73 Å². The predicted octanol–water partition coefficient (Wildman–Crippen LogP) is 2.53. The van der Waals surface area contributed by atoms with Crippen molar-refractivity contribution in [1.82, 2.24) is 9.78 Å². The Morgan fingerprint density at radius 1 is 1.29 bits per heavy atom. The molecule has 0 aliphatic rings. The number of hydrogen-bond donors (Lipinski definition) is 1. The van der Waals surface area contributed by atoms with Crippen LogP contribution in [0.15, 0.2) is 36.7 Å². The number of benzene rings is 1. The van der Waals surface area contributed by atoms with Gasteiger partial charge in [-0.25, -0.2) is 0 Å². The van der Waals surface area contributed by atoms with Gasteiger partial charge in [-0.05, 0) is 17.7 Å². The van der Waals surface area contributed by atoms with Gasteiger partial charge >= 0.3 is 6.18 Å². The van der Waals surface area contributed by atoms with Crippen LogP contribution in [-0.2, 0) is 12.7 Å². The summed E-state index contributed by atoms with van der Waals surface area (Å²) in [5.41, 5.74) is 6.21. The summed E-state index contributed by atoms with van der Waals surface area (Å²) < 4.78 is 38.2. The largest absolute Gasteiger partial charge is 0.419 e. The molecule has 0 bridgehead atoms. The standard InChI is InChI=1S/C11H10F3N3/c12-11(13,14)9-5-16-17(7-9)6-8-2-1-3-10(15)4-8/h1-5,7H,6,15H2. The van der Waals surface area contributed by atoms with Gasteiger partial charge in [0.15, 0.2) is 0 Å². The minimum absolute atomic E-state index is 0.265. The van der Waals surface area contributed by atoms with E-state index in [-0.39, 0.29) is 6.54 Å². The van der Waals surface area contributed by atoms with Crippen LogP contribution in [0.2, 0.25) is 0 Å². The molecule has 0 saturated heterocycles. The van der Waals surface area contributed by atoms with Crippen molar-refractivity contribution in [2.75, 3.05) is 5.73 Å². The van der Waals surface area contributed by atoms with Crippen LogP contribution in [0.1, 0.15) is 11.1 Å². The molecule has 0 amide bonds. The molecule has 2 N–H and O–H groups in total. The molecule has 2 aromatic rings. The molecule has 0 saturated carbocycles. The Bertz CT molecular complexity index is 517. The summed E-state index contributed by atoms with van der Waals surface area (Å²) in [6.07, 6.45) is -2.57. The summed E-state index contributed by atoms with van der Waals surface area (Å²) in [6.45, 7) is 0.265. The van der Waals surface area contributed by atoms with Crippen molar-refractivity contribution in [3.8, 4) is 0 Å². The fraction of sp³-hybridized carbons (Fsp3) is 0.182. The van der Waals surface area contributed by atoms with E-state index in [0.717, 1.165) is 18.0 Å². The second-order valence-electron chi connectivity index (χ2n) is 3.67. The molecule has 1 aromatic heterocycles. The molecular weight excluding hydrogens is 231 g/mol. The molecule has 90 valence electrons. The predicted molar refractivity (Wildman–Crippen MR) is 57.2 cm³/mol. The lowest BCUT2D eigenvalue weighted by Gasteiger charge is -2.03. The topological polar surface area (TPSA) is 43.8 Å². The Balaban J connectivity index is 2.17. The first kappa shape index (κ1) is 11.5. The molecule has 0 unspecified atom stereocenters. The number of nitrogens with zero attached hydrogens (tertiary/aromatic N) is 2. The molecule has 1 heterocycles. The van der Waals surface area contributed by atoms with Crippen molar-refractivity contribution in [3.63, 3.8) is 0 Å². The van der Waals surface area contributed by atoms with E-state index in [9.17, 15) is 13.2 Å². The van der Waals surface area contributed by atoms with E-state index in [0.29, 0.717) is 5.69 Å². The summed E-state index contributed by atoms with van der Waals surface area (Å²) in [7, 11) is 0. The van der Waals surface area contributed by atoms with Crippen LogP contribution in [0.3, 0.4) is 0 Å². The molecule has 1 aromatic carbocycles. The summed E-state index contributed by atoms with van der Waals surface area (Å²) in [4.78, 5) is 0. The first-order valence-corrected chi connectivity index (χ1v) is 4.89. The van der Waals surface area contributed by atoms with Gasteiger partial charge in [0, 0.05) is 11.9 Å². The van der Waals surface area contributed by atoms with Crippen LogP contribution >= 0.6 is 0 Å². The first-order chi connectivity index (χ1) is 7.95. The van der Waals surface area contributed by atoms with Gasteiger partial charge in [-0.15, -0.1) is 0 Å². The minimum Gasteiger partial charge on any atom is -0.399 e. The van der Waals surface area contributed by atoms with Crippen molar-refractivity contribution in [2.45, 2.75) is 12.7 Å². The number of halogens is 3. The lowest BCUT2D eigenvalue weighted by atomic mass is 10.2. The highest BCUT2D eigenvalue weighted by Crippen LogP contribution is 2.28. The third-order valence-electron chi connectivity index (χ3n) is 2.26. The SMILES string of the molecule is Nc1cccc(Cn2cc(C(F)(F)F)cn2)c1. The van der Waals surface area contributed by atoms with E-state index in [1.807, 2.05) is 0 Å². The van der Waals surface area contributed by atoms with Crippen LogP contribution in [-0.4, -0.2) is 9.78 Å². The zero-order valence-corrected chi connectivity index (χ0v) is 8.78. The van der Waals surface area contributed by atoms with Gasteiger partial charge in [-0.1, -0.05) is 12.1 Å². The number of nitrogens with two attached hydrogens (primary N) is 1. The number of hydrogen-bond acceptors (Lipinski definition) is 2. The Morgan fingerprint density at radius 2 is 2.06 bits per heavy atom. The van der Waals surface area contributed by atoms with Gasteiger partial charge < -0.3 is 5.73 Å². The number of aromatic nitrogens is 2. The molecule has 2 rings (SSSR count). The number of alkyl halides is 3. The quantitative estimate of drug-likeness (QED) is 0.821. The van der Waals surface area contributed by atoms with Gasteiger partial charge in [-0.2, -0.15) is 18.3 Å². The molecule has 0 spiro atoms. The van der Waals surface area contributed by atoms with Gasteiger partial charge in [0.1, 0.15) is 0 Å². The van der Waals surface area contributed by atoms with Crippen molar-refractivity contribution in [3.05, 3.63) is 47.8 Å². The second kappa shape index (κ2) is 4.12. The van der Waals surface area contributed by atoms with E-state index < -0.39 is 11.7 Å². The molecule has 0 atom stereocenters. The smallest absolute Gasteiger partial charge is 0.399 e. The average molecular weight is 241 g/mol. The Labute approximate surface area is 95.7 Å². The normalized spacial score (nSPS) is 11.7. The van der Waals surface area contributed by atoms with Crippen LogP contribution in [0, 0.1) is 0 Å². The van der Waals surface area contributed by atoms with Crippen LogP contribution < -0.4 is 5.73 Å². The lowest BCUT2D eigenvalue weighted by molar-refractivity contribution is -0.137. The molecular formula is C11H10F3N3. The molecule has 17 heavy (non-hydrogen) atoms. The fourth-order valence-corrected chi connectivity index (χ4v) is 1.47. The van der Waals surface area contributed by atoms with E-state index in [2.05, 4.69) is 5.10 Å². The van der Waals surface area contributed by atoms with Crippen molar-refractivity contribution < 1.29 is 13.2 Å². The third kappa shape index (κ3) is 2.77. The third-order valence-corrected chi connectivity index (χ3v) is 2.26. The highest BCUT2D eigenvalue weighted by atomic mass is 19.4. The van der Waals surface area contributed by atoms with Gasteiger partial charge in [0.2, 0.25) is 0 Å². The molecule has 0 aliphatic carbocycles. The average Bonchev–Trinajstić information content (AvgIpc) is 2.65.